The van der Waals surface area contributed by atoms with E-state index in [0.29, 0.717) is 23.1 Å². The summed E-state index contributed by atoms with van der Waals surface area (Å²) in [5.74, 6) is 0. The second-order valence-electron chi connectivity index (χ2n) is 8.18. The molecular weight excluding hydrogens is 429 g/mol. The number of aliphatic hydroxyl groups is 1. The molecule has 1 aliphatic rings. The molecule has 1 atom stereocenters. The van der Waals surface area contributed by atoms with Crippen LogP contribution in [0.15, 0.2) is 66.7 Å². The lowest BCUT2D eigenvalue weighted by Crippen LogP contribution is -2.49. The Bertz CT molecular complexity index is 1160. The van der Waals surface area contributed by atoms with Crippen molar-refractivity contribution in [1.29, 1.82) is 0 Å². The fourth-order valence-corrected chi connectivity index (χ4v) is 4.93. The van der Waals surface area contributed by atoms with Crippen molar-refractivity contribution in [3.05, 3.63) is 76.8 Å². The number of aromatic nitrogens is 1. The van der Waals surface area contributed by atoms with E-state index in [9.17, 15) is 5.11 Å². The summed E-state index contributed by atoms with van der Waals surface area (Å²) in [7, 11) is 0. The van der Waals surface area contributed by atoms with Gasteiger partial charge in [-0.05, 0) is 30.3 Å². The third kappa shape index (κ3) is 4.13. The number of benzene rings is 3. The third-order valence-electron chi connectivity index (χ3n) is 6.18. The largest absolute Gasteiger partial charge is 0.390 e. The van der Waals surface area contributed by atoms with Gasteiger partial charge in [-0.3, -0.25) is 4.90 Å². The number of para-hydroxylation sites is 2. The number of hydrogen-bond donors (Lipinski definition) is 1. The van der Waals surface area contributed by atoms with Gasteiger partial charge in [-0.15, -0.1) is 0 Å². The lowest BCUT2D eigenvalue weighted by atomic mass is 10.2. The van der Waals surface area contributed by atoms with Gasteiger partial charge in [0.15, 0.2) is 0 Å². The number of aliphatic hydroxyl groups excluding tert-OH is 1. The van der Waals surface area contributed by atoms with E-state index >= 15 is 0 Å². The predicted octanol–water partition coefficient (Wildman–Crippen LogP) is 5.28. The molecule has 0 spiro atoms. The van der Waals surface area contributed by atoms with Gasteiger partial charge in [-0.1, -0.05) is 59.6 Å². The van der Waals surface area contributed by atoms with Gasteiger partial charge in [0.2, 0.25) is 0 Å². The van der Waals surface area contributed by atoms with Crippen molar-refractivity contribution < 1.29 is 5.11 Å². The summed E-state index contributed by atoms with van der Waals surface area (Å²) in [6, 6.07) is 22.6. The monoisotopic (exact) mass is 453 g/mol. The van der Waals surface area contributed by atoms with E-state index in [-0.39, 0.29) is 0 Å². The predicted molar refractivity (Wildman–Crippen MR) is 131 cm³/mol. The van der Waals surface area contributed by atoms with E-state index in [0.717, 1.165) is 31.9 Å². The van der Waals surface area contributed by atoms with Crippen molar-refractivity contribution >= 4 is 50.7 Å². The topological polar surface area (TPSA) is 31.6 Å². The number of rotatable bonds is 5. The zero-order chi connectivity index (χ0) is 21.4. The summed E-state index contributed by atoms with van der Waals surface area (Å²) >= 11 is 12.2. The van der Waals surface area contributed by atoms with Crippen molar-refractivity contribution in [2.75, 3.05) is 37.6 Å². The Kier molecular flexibility index (Phi) is 5.81. The standard InChI is InChI=1S/C25H25Cl2N3O/c26-22-10-9-18(15-23(22)27)29-13-11-28(12-14-29)16-19(31)17-30-24-7-3-1-5-20(24)21-6-2-4-8-25(21)30/h1-10,15,19,31H,11-14,16-17H2. The average molecular weight is 454 g/mol. The lowest BCUT2D eigenvalue weighted by Gasteiger charge is -2.37. The summed E-state index contributed by atoms with van der Waals surface area (Å²) in [4.78, 5) is 4.66. The molecule has 0 radical (unpaired) electrons. The molecule has 1 unspecified atom stereocenters. The van der Waals surface area contributed by atoms with E-state index in [1.165, 1.54) is 21.8 Å². The normalized spacial score (nSPS) is 16.3. The molecule has 4 nitrogen and oxygen atoms in total. The molecule has 2 heterocycles. The molecule has 0 bridgehead atoms. The van der Waals surface area contributed by atoms with Crippen molar-refractivity contribution in [3.8, 4) is 0 Å². The third-order valence-corrected chi connectivity index (χ3v) is 6.92. The molecule has 3 aromatic carbocycles. The first-order valence-corrected chi connectivity index (χ1v) is 11.4. The first-order valence-electron chi connectivity index (χ1n) is 10.7. The molecular formula is C25H25Cl2N3O. The van der Waals surface area contributed by atoms with E-state index in [1.54, 1.807) is 0 Å². The van der Waals surface area contributed by atoms with Crippen LogP contribution in [0, 0.1) is 0 Å². The Hall–Kier alpha value is -2.24. The van der Waals surface area contributed by atoms with Crippen LogP contribution in [0.25, 0.3) is 21.8 Å². The second-order valence-corrected chi connectivity index (χ2v) is 9.00. The molecule has 0 amide bonds. The fourth-order valence-electron chi connectivity index (χ4n) is 4.64. The average Bonchev–Trinajstić information content (AvgIpc) is 3.10. The van der Waals surface area contributed by atoms with Gasteiger partial charge in [0.25, 0.3) is 0 Å². The molecule has 6 heteroatoms. The molecule has 1 N–H and O–H groups in total. The Morgan fingerprint density at radius 1 is 0.742 bits per heavy atom. The molecule has 1 saturated heterocycles. The maximum absolute atomic E-state index is 10.9. The van der Waals surface area contributed by atoms with Gasteiger partial charge in [0.1, 0.15) is 0 Å². The number of β-amino-alcohol motifs (C(OH)–C–C–N with tert-alkyl or cyclic N) is 1. The fraction of sp³-hybridized carbons (Fsp3) is 0.280. The highest BCUT2D eigenvalue weighted by atomic mass is 35.5. The van der Waals surface area contributed by atoms with E-state index in [1.807, 2.05) is 18.2 Å². The highest BCUT2D eigenvalue weighted by Crippen LogP contribution is 2.30. The number of anilines is 1. The highest BCUT2D eigenvalue weighted by molar-refractivity contribution is 6.42. The smallest absolute Gasteiger partial charge is 0.0845 e. The Balaban J connectivity index is 1.26. The van der Waals surface area contributed by atoms with Crippen LogP contribution in [0.3, 0.4) is 0 Å². The summed E-state index contributed by atoms with van der Waals surface area (Å²) in [5, 5.41) is 14.6. The SMILES string of the molecule is OC(CN1CCN(c2ccc(Cl)c(Cl)c2)CC1)Cn1c2ccccc2c2ccccc21. The maximum atomic E-state index is 10.9. The molecule has 31 heavy (non-hydrogen) atoms. The Labute approximate surface area is 192 Å². The van der Waals surface area contributed by atoms with Crippen LogP contribution in [0.1, 0.15) is 0 Å². The van der Waals surface area contributed by atoms with Gasteiger partial charge >= 0.3 is 0 Å². The van der Waals surface area contributed by atoms with Crippen LogP contribution >= 0.6 is 23.2 Å². The zero-order valence-corrected chi connectivity index (χ0v) is 18.7. The van der Waals surface area contributed by atoms with Gasteiger partial charge in [-0.2, -0.15) is 0 Å². The van der Waals surface area contributed by atoms with E-state index in [4.69, 9.17) is 23.2 Å². The first kappa shape index (κ1) is 20.7. The first-order chi connectivity index (χ1) is 15.1. The zero-order valence-electron chi connectivity index (χ0n) is 17.2. The quantitative estimate of drug-likeness (QED) is 0.445. The second kappa shape index (κ2) is 8.71. The van der Waals surface area contributed by atoms with Crippen LogP contribution in [-0.2, 0) is 6.54 Å². The van der Waals surface area contributed by atoms with E-state index in [2.05, 4.69) is 62.9 Å². The molecule has 5 rings (SSSR count). The van der Waals surface area contributed by atoms with Gasteiger partial charge in [0.05, 0.1) is 22.7 Å². The van der Waals surface area contributed by atoms with Crippen LogP contribution in [-0.4, -0.2) is 53.4 Å². The number of nitrogens with zero attached hydrogens (tertiary/aromatic N) is 3. The minimum absolute atomic E-state index is 0.435. The van der Waals surface area contributed by atoms with Crippen molar-refractivity contribution in [1.82, 2.24) is 9.47 Å². The van der Waals surface area contributed by atoms with Crippen molar-refractivity contribution in [2.24, 2.45) is 0 Å². The van der Waals surface area contributed by atoms with Gasteiger partial charge < -0.3 is 14.6 Å². The molecule has 0 saturated carbocycles. The Morgan fingerprint density at radius 3 is 1.97 bits per heavy atom. The van der Waals surface area contributed by atoms with Crippen LogP contribution in [0.5, 0.6) is 0 Å². The number of hydrogen-bond acceptors (Lipinski definition) is 3. The Morgan fingerprint density at radius 2 is 1.35 bits per heavy atom. The molecule has 160 valence electrons. The van der Waals surface area contributed by atoms with Gasteiger partial charge in [0, 0.05) is 60.2 Å². The molecule has 1 aromatic heterocycles. The van der Waals surface area contributed by atoms with Crippen LogP contribution < -0.4 is 4.90 Å². The summed E-state index contributed by atoms with van der Waals surface area (Å²) in [5.41, 5.74) is 3.44. The summed E-state index contributed by atoms with van der Waals surface area (Å²) in [6.45, 7) is 4.87. The summed E-state index contributed by atoms with van der Waals surface area (Å²) < 4.78 is 2.25. The molecule has 1 fully saturated rings. The molecule has 0 aliphatic carbocycles. The van der Waals surface area contributed by atoms with E-state index < -0.39 is 6.10 Å². The molecule has 1 aliphatic heterocycles. The van der Waals surface area contributed by atoms with Crippen molar-refractivity contribution in [3.63, 3.8) is 0 Å². The van der Waals surface area contributed by atoms with Crippen molar-refractivity contribution in [2.45, 2.75) is 12.6 Å². The number of halogens is 2. The number of piperazine rings is 1. The van der Waals surface area contributed by atoms with Crippen LogP contribution in [0.4, 0.5) is 5.69 Å². The minimum atomic E-state index is -0.435. The maximum Gasteiger partial charge on any atom is 0.0845 e. The lowest BCUT2D eigenvalue weighted by molar-refractivity contribution is 0.0969. The van der Waals surface area contributed by atoms with Gasteiger partial charge in [-0.25, -0.2) is 0 Å². The molecule has 4 aromatic rings. The highest BCUT2D eigenvalue weighted by Gasteiger charge is 2.21. The number of fused-ring (bicyclic) bond motifs is 3. The van der Waals surface area contributed by atoms with Crippen LogP contribution in [0.2, 0.25) is 10.0 Å². The summed E-state index contributed by atoms with van der Waals surface area (Å²) in [6.07, 6.45) is -0.435. The minimum Gasteiger partial charge on any atom is -0.390 e.